The minimum atomic E-state index is -0.518. The Morgan fingerprint density at radius 3 is 2.33 bits per heavy atom. The molecule has 114 valence electrons. The fourth-order valence-electron chi connectivity index (χ4n) is 2.44. The van der Waals surface area contributed by atoms with Crippen LogP contribution in [0.15, 0.2) is 24.3 Å². The fraction of sp³-hybridized carbons (Fsp3) is 0.500. The lowest BCUT2D eigenvalue weighted by Crippen LogP contribution is -2.52. The van der Waals surface area contributed by atoms with Crippen molar-refractivity contribution in [2.24, 2.45) is 0 Å². The van der Waals surface area contributed by atoms with Crippen LogP contribution in [0.5, 0.6) is 5.75 Å². The molecule has 0 saturated carbocycles. The van der Waals surface area contributed by atoms with Gasteiger partial charge in [-0.25, -0.2) is 0 Å². The number of aryl methyl sites for hydroxylation is 1. The van der Waals surface area contributed by atoms with Gasteiger partial charge in [0.15, 0.2) is 6.10 Å². The maximum Gasteiger partial charge on any atom is 0.263 e. The number of carbonyl (C=O) groups excluding carboxylic acids is 2. The molecule has 2 rings (SSSR count). The average molecular weight is 290 g/mol. The van der Waals surface area contributed by atoms with E-state index in [0.717, 1.165) is 5.56 Å². The maximum atomic E-state index is 12.4. The molecule has 1 aliphatic rings. The van der Waals surface area contributed by atoms with Crippen LogP contribution in [0.1, 0.15) is 19.4 Å². The summed E-state index contributed by atoms with van der Waals surface area (Å²) in [4.78, 5) is 27.2. The van der Waals surface area contributed by atoms with Gasteiger partial charge in [0.25, 0.3) is 5.91 Å². The molecule has 1 aliphatic heterocycles. The van der Waals surface area contributed by atoms with E-state index in [1.54, 1.807) is 23.6 Å². The number of rotatable bonds is 3. The van der Waals surface area contributed by atoms with Gasteiger partial charge in [0.2, 0.25) is 5.91 Å². The van der Waals surface area contributed by atoms with Crippen LogP contribution in [0.2, 0.25) is 0 Å². The minimum absolute atomic E-state index is 0.0280. The summed E-state index contributed by atoms with van der Waals surface area (Å²) in [6.45, 7) is 7.64. The first-order chi connectivity index (χ1) is 9.97. The van der Waals surface area contributed by atoms with E-state index in [2.05, 4.69) is 0 Å². The number of ether oxygens (including phenoxy) is 1. The van der Waals surface area contributed by atoms with Gasteiger partial charge >= 0.3 is 0 Å². The predicted octanol–water partition coefficient (Wildman–Crippen LogP) is 1.45. The summed E-state index contributed by atoms with van der Waals surface area (Å²) in [5.74, 6) is 0.740. The molecule has 1 aromatic carbocycles. The Morgan fingerprint density at radius 1 is 1.14 bits per heavy atom. The van der Waals surface area contributed by atoms with Crippen molar-refractivity contribution in [3.05, 3.63) is 29.8 Å². The zero-order chi connectivity index (χ0) is 15.4. The molecule has 1 atom stereocenters. The van der Waals surface area contributed by atoms with Gasteiger partial charge in [-0.3, -0.25) is 9.59 Å². The second-order valence-corrected chi connectivity index (χ2v) is 5.41. The molecule has 5 heteroatoms. The van der Waals surface area contributed by atoms with Gasteiger partial charge in [-0.1, -0.05) is 12.1 Å². The van der Waals surface area contributed by atoms with Crippen LogP contribution in [-0.2, 0) is 9.59 Å². The molecule has 0 aromatic heterocycles. The Balaban J connectivity index is 1.90. The van der Waals surface area contributed by atoms with Crippen LogP contribution >= 0.6 is 0 Å². The van der Waals surface area contributed by atoms with Gasteiger partial charge in [0, 0.05) is 33.1 Å². The molecule has 0 spiro atoms. The van der Waals surface area contributed by atoms with Crippen molar-refractivity contribution in [2.75, 3.05) is 26.2 Å². The largest absolute Gasteiger partial charge is 0.481 e. The van der Waals surface area contributed by atoms with E-state index in [9.17, 15) is 9.59 Å². The highest BCUT2D eigenvalue weighted by molar-refractivity contribution is 5.81. The van der Waals surface area contributed by atoms with E-state index >= 15 is 0 Å². The second-order valence-electron chi connectivity index (χ2n) is 5.41. The van der Waals surface area contributed by atoms with Crippen molar-refractivity contribution >= 4 is 11.8 Å². The van der Waals surface area contributed by atoms with E-state index in [0.29, 0.717) is 31.9 Å². The lowest BCUT2D eigenvalue weighted by molar-refractivity contribution is -0.143. The van der Waals surface area contributed by atoms with Crippen LogP contribution in [-0.4, -0.2) is 53.9 Å². The first-order valence-corrected chi connectivity index (χ1v) is 7.25. The van der Waals surface area contributed by atoms with Crippen molar-refractivity contribution in [3.8, 4) is 5.75 Å². The Bertz CT molecular complexity index is 522. The number of carbonyl (C=O) groups is 2. The molecule has 0 bridgehead atoms. The number of piperazine rings is 1. The molecule has 1 unspecified atom stereocenters. The zero-order valence-corrected chi connectivity index (χ0v) is 12.8. The minimum Gasteiger partial charge on any atom is -0.481 e. The van der Waals surface area contributed by atoms with E-state index in [1.165, 1.54) is 0 Å². The lowest BCUT2D eigenvalue weighted by atomic mass is 10.2. The number of hydrogen-bond acceptors (Lipinski definition) is 3. The highest BCUT2D eigenvalue weighted by Gasteiger charge is 2.26. The second kappa shape index (κ2) is 6.61. The third-order valence-corrected chi connectivity index (χ3v) is 3.69. The van der Waals surface area contributed by atoms with E-state index in [4.69, 9.17) is 4.74 Å². The Morgan fingerprint density at radius 2 is 1.76 bits per heavy atom. The fourth-order valence-corrected chi connectivity index (χ4v) is 2.44. The summed E-state index contributed by atoms with van der Waals surface area (Å²) in [6, 6.07) is 7.66. The molecule has 1 aromatic rings. The molecular weight excluding hydrogens is 268 g/mol. The molecule has 1 saturated heterocycles. The van der Waals surface area contributed by atoms with Crippen LogP contribution in [0, 0.1) is 6.92 Å². The first-order valence-electron chi connectivity index (χ1n) is 7.25. The summed E-state index contributed by atoms with van der Waals surface area (Å²) in [5, 5.41) is 0. The van der Waals surface area contributed by atoms with Crippen molar-refractivity contribution in [1.29, 1.82) is 0 Å². The summed E-state index contributed by atoms with van der Waals surface area (Å²) < 4.78 is 5.71. The number of amides is 2. The van der Waals surface area contributed by atoms with Crippen molar-refractivity contribution in [3.63, 3.8) is 0 Å². The van der Waals surface area contributed by atoms with Crippen molar-refractivity contribution in [1.82, 2.24) is 9.80 Å². The van der Waals surface area contributed by atoms with Gasteiger partial charge in [-0.2, -0.15) is 0 Å². The predicted molar refractivity (Wildman–Crippen MR) is 80.1 cm³/mol. The van der Waals surface area contributed by atoms with Crippen molar-refractivity contribution in [2.45, 2.75) is 26.9 Å². The normalized spacial score (nSPS) is 16.5. The quantitative estimate of drug-likeness (QED) is 0.846. The third kappa shape index (κ3) is 3.97. The standard InChI is InChI=1S/C16H22N2O3/c1-12-5-4-6-15(11-12)21-13(2)16(20)18-9-7-17(8-10-18)14(3)19/h4-6,11,13H,7-10H2,1-3H3. The lowest BCUT2D eigenvalue weighted by Gasteiger charge is -2.35. The zero-order valence-electron chi connectivity index (χ0n) is 12.8. The highest BCUT2D eigenvalue weighted by Crippen LogP contribution is 2.15. The average Bonchev–Trinajstić information content (AvgIpc) is 2.46. The monoisotopic (exact) mass is 290 g/mol. The van der Waals surface area contributed by atoms with Crippen LogP contribution in [0.4, 0.5) is 0 Å². The molecule has 0 N–H and O–H groups in total. The van der Waals surface area contributed by atoms with E-state index in [1.807, 2.05) is 31.2 Å². The summed E-state index contributed by atoms with van der Waals surface area (Å²) >= 11 is 0. The molecule has 2 amide bonds. The van der Waals surface area contributed by atoms with Gasteiger partial charge in [-0.05, 0) is 31.5 Å². The van der Waals surface area contributed by atoms with Crippen LogP contribution in [0.25, 0.3) is 0 Å². The first kappa shape index (κ1) is 15.4. The van der Waals surface area contributed by atoms with Crippen LogP contribution < -0.4 is 4.74 Å². The van der Waals surface area contributed by atoms with Gasteiger partial charge < -0.3 is 14.5 Å². The smallest absolute Gasteiger partial charge is 0.263 e. The van der Waals surface area contributed by atoms with Gasteiger partial charge in [0.1, 0.15) is 5.75 Å². The Kier molecular flexibility index (Phi) is 4.83. The van der Waals surface area contributed by atoms with Gasteiger partial charge in [0.05, 0.1) is 0 Å². The number of hydrogen-bond donors (Lipinski definition) is 0. The summed E-state index contributed by atoms with van der Waals surface area (Å²) in [5.41, 5.74) is 1.10. The van der Waals surface area contributed by atoms with Gasteiger partial charge in [-0.15, -0.1) is 0 Å². The molecule has 5 nitrogen and oxygen atoms in total. The molecule has 1 fully saturated rings. The molecular formula is C16H22N2O3. The molecule has 1 heterocycles. The van der Waals surface area contributed by atoms with Crippen molar-refractivity contribution < 1.29 is 14.3 Å². The molecule has 0 aliphatic carbocycles. The maximum absolute atomic E-state index is 12.4. The van der Waals surface area contributed by atoms with E-state index in [-0.39, 0.29) is 11.8 Å². The summed E-state index contributed by atoms with van der Waals surface area (Å²) in [6.07, 6.45) is -0.518. The highest BCUT2D eigenvalue weighted by atomic mass is 16.5. The number of nitrogens with zero attached hydrogens (tertiary/aromatic N) is 2. The van der Waals surface area contributed by atoms with Crippen LogP contribution in [0.3, 0.4) is 0 Å². The summed E-state index contributed by atoms with van der Waals surface area (Å²) in [7, 11) is 0. The Hall–Kier alpha value is -2.04. The Labute approximate surface area is 125 Å². The third-order valence-electron chi connectivity index (χ3n) is 3.69. The number of benzene rings is 1. The SMILES string of the molecule is CC(=O)N1CCN(C(=O)C(C)Oc2cccc(C)c2)CC1. The topological polar surface area (TPSA) is 49.9 Å². The van der Waals surface area contributed by atoms with E-state index < -0.39 is 6.10 Å². The molecule has 0 radical (unpaired) electrons. The molecule has 21 heavy (non-hydrogen) atoms.